The molecule has 0 saturated heterocycles. The molecule has 0 atom stereocenters. The molecule has 0 fully saturated rings. The lowest BCUT2D eigenvalue weighted by Gasteiger charge is -2.06. The van der Waals surface area contributed by atoms with Gasteiger partial charge in [-0.3, -0.25) is 0 Å². The van der Waals surface area contributed by atoms with Crippen LogP contribution in [0.15, 0.2) is 54.9 Å². The van der Waals surface area contributed by atoms with Crippen molar-refractivity contribution in [2.24, 2.45) is 0 Å². The monoisotopic (exact) mass is 515 g/mol. The normalized spacial score (nSPS) is 11.7. The minimum absolute atomic E-state index is 0.0194. The number of aromatic carboxylic acids is 1. The van der Waals surface area contributed by atoms with Gasteiger partial charge in [0.05, 0.1) is 27.9 Å². The number of nitrogens with one attached hydrogen (secondary N) is 1. The number of imidazole rings is 1. The summed E-state index contributed by atoms with van der Waals surface area (Å²) in [5.74, 6) is -1.62. The van der Waals surface area contributed by atoms with E-state index in [1.54, 1.807) is 6.07 Å². The highest BCUT2D eigenvalue weighted by Crippen LogP contribution is 2.32. The molecule has 3 aromatic heterocycles. The van der Waals surface area contributed by atoms with Crippen LogP contribution in [0, 0.1) is 5.82 Å². The van der Waals surface area contributed by atoms with Crippen LogP contribution in [0.4, 0.5) is 17.6 Å². The highest BCUT2D eigenvalue weighted by molar-refractivity contribution is 7.08. The molecule has 182 valence electrons. The summed E-state index contributed by atoms with van der Waals surface area (Å²) in [5, 5.41) is 8.93. The van der Waals surface area contributed by atoms with E-state index in [0.29, 0.717) is 22.3 Å². The number of benzene rings is 2. The van der Waals surface area contributed by atoms with E-state index in [1.807, 2.05) is 0 Å². The van der Waals surface area contributed by atoms with E-state index >= 15 is 0 Å². The van der Waals surface area contributed by atoms with Crippen LogP contribution in [-0.2, 0) is 12.8 Å². The number of hydrogen-bond acceptors (Lipinski definition) is 7. The Hall–Kier alpha value is -4.39. The molecule has 0 spiro atoms. The van der Waals surface area contributed by atoms with Crippen LogP contribution >= 0.6 is 11.5 Å². The third-order valence-corrected chi connectivity index (χ3v) is 5.93. The van der Waals surface area contributed by atoms with E-state index in [0.717, 1.165) is 23.7 Å². The van der Waals surface area contributed by atoms with Crippen LogP contribution in [0.1, 0.15) is 20.9 Å². The number of aromatic amines is 1. The topological polar surface area (TPSA) is 114 Å². The first-order chi connectivity index (χ1) is 17.2. The lowest BCUT2D eigenvalue weighted by molar-refractivity contribution is -0.137. The molecular formula is C23H13F4N5O3S. The summed E-state index contributed by atoms with van der Waals surface area (Å²) >= 11 is 0.838. The molecule has 0 aliphatic carbocycles. The highest BCUT2D eigenvalue weighted by atomic mass is 32.1. The van der Waals surface area contributed by atoms with Crippen molar-refractivity contribution in [1.82, 2.24) is 24.3 Å². The van der Waals surface area contributed by atoms with E-state index in [-0.39, 0.29) is 34.4 Å². The second kappa shape index (κ2) is 9.00. The predicted molar refractivity (Wildman–Crippen MR) is 121 cm³/mol. The molecule has 0 saturated carbocycles. The molecule has 0 radical (unpaired) electrons. The maximum Gasteiger partial charge on any atom is 0.416 e. The maximum absolute atomic E-state index is 14.9. The number of carbonyl (C=O) groups is 1. The lowest BCUT2D eigenvalue weighted by Crippen LogP contribution is -2.04. The number of hydrogen-bond donors (Lipinski definition) is 2. The Balaban J connectivity index is 1.32. The van der Waals surface area contributed by atoms with Gasteiger partial charge in [0.25, 0.3) is 0 Å². The van der Waals surface area contributed by atoms with Gasteiger partial charge in [-0.2, -0.15) is 17.5 Å². The van der Waals surface area contributed by atoms with Gasteiger partial charge in [-0.15, -0.1) is 0 Å². The van der Waals surface area contributed by atoms with Crippen molar-refractivity contribution in [3.63, 3.8) is 0 Å². The minimum atomic E-state index is -4.51. The third kappa shape index (κ3) is 4.73. The summed E-state index contributed by atoms with van der Waals surface area (Å²) in [7, 11) is 0. The SMILES string of the molecule is O=C(O)c1cc(COc2ncc(-c3ccc(-c4nc5cc(C(F)(F)F)ccc5[nH]4)c(F)c3)cn2)ns1. The number of carboxylic acid groups (broad SMARTS) is 1. The molecule has 36 heavy (non-hydrogen) atoms. The van der Waals surface area contributed by atoms with Gasteiger partial charge < -0.3 is 14.8 Å². The van der Waals surface area contributed by atoms with Crippen LogP contribution in [0.2, 0.25) is 0 Å². The highest BCUT2D eigenvalue weighted by Gasteiger charge is 2.30. The number of halogens is 4. The Morgan fingerprint density at radius 3 is 2.50 bits per heavy atom. The third-order valence-electron chi connectivity index (χ3n) is 5.11. The number of aromatic nitrogens is 5. The Morgan fingerprint density at radius 2 is 1.83 bits per heavy atom. The quantitative estimate of drug-likeness (QED) is 0.284. The number of ether oxygens (including phenoxy) is 1. The molecule has 2 aromatic carbocycles. The second-order valence-corrected chi connectivity index (χ2v) is 8.35. The number of alkyl halides is 3. The van der Waals surface area contributed by atoms with Gasteiger partial charge in [-0.05, 0) is 53.5 Å². The smallest absolute Gasteiger partial charge is 0.416 e. The molecule has 8 nitrogen and oxygen atoms in total. The van der Waals surface area contributed by atoms with Crippen LogP contribution in [0.25, 0.3) is 33.5 Å². The van der Waals surface area contributed by atoms with Gasteiger partial charge in [0.15, 0.2) is 0 Å². The fraction of sp³-hybridized carbons (Fsp3) is 0.0870. The first-order valence-corrected chi connectivity index (χ1v) is 11.0. The van der Waals surface area contributed by atoms with Crippen LogP contribution in [0.5, 0.6) is 6.01 Å². The molecule has 5 aromatic rings. The van der Waals surface area contributed by atoms with E-state index in [9.17, 15) is 22.4 Å². The Kier molecular flexibility index (Phi) is 5.84. The van der Waals surface area contributed by atoms with Crippen molar-refractivity contribution in [2.75, 3.05) is 0 Å². The largest absolute Gasteiger partial charge is 0.477 e. The number of fused-ring (bicyclic) bond motifs is 1. The minimum Gasteiger partial charge on any atom is -0.477 e. The maximum atomic E-state index is 14.9. The summed E-state index contributed by atoms with van der Waals surface area (Å²) < 4.78 is 63.1. The van der Waals surface area contributed by atoms with Gasteiger partial charge >= 0.3 is 18.2 Å². The van der Waals surface area contributed by atoms with E-state index in [2.05, 4.69) is 24.3 Å². The molecule has 0 amide bonds. The zero-order valence-electron chi connectivity index (χ0n) is 17.9. The summed E-state index contributed by atoms with van der Waals surface area (Å²) in [5.41, 5.74) is 1.05. The number of nitrogens with zero attached hydrogens (tertiary/aromatic N) is 4. The molecule has 5 rings (SSSR count). The van der Waals surface area contributed by atoms with E-state index in [4.69, 9.17) is 9.84 Å². The molecule has 0 aliphatic rings. The molecule has 0 unspecified atom stereocenters. The number of rotatable bonds is 6. The average molecular weight is 515 g/mol. The van der Waals surface area contributed by atoms with Crippen molar-refractivity contribution in [3.05, 3.63) is 76.8 Å². The van der Waals surface area contributed by atoms with Crippen molar-refractivity contribution in [3.8, 4) is 28.5 Å². The van der Waals surface area contributed by atoms with E-state index < -0.39 is 23.5 Å². The fourth-order valence-electron chi connectivity index (χ4n) is 3.36. The summed E-state index contributed by atoms with van der Waals surface area (Å²) in [6.07, 6.45) is -1.64. The summed E-state index contributed by atoms with van der Waals surface area (Å²) in [6.45, 7) is -0.0194. The molecule has 13 heteroatoms. The Bertz CT molecular complexity index is 1580. The first-order valence-electron chi connectivity index (χ1n) is 10.2. The van der Waals surface area contributed by atoms with Gasteiger partial charge in [-0.1, -0.05) is 6.07 Å². The van der Waals surface area contributed by atoms with Crippen molar-refractivity contribution in [1.29, 1.82) is 0 Å². The summed E-state index contributed by atoms with van der Waals surface area (Å²) in [6, 6.07) is 8.81. The van der Waals surface area contributed by atoms with Gasteiger partial charge in [0.2, 0.25) is 0 Å². The Labute approximate surface area is 203 Å². The van der Waals surface area contributed by atoms with Crippen LogP contribution < -0.4 is 4.74 Å². The lowest BCUT2D eigenvalue weighted by atomic mass is 10.1. The van der Waals surface area contributed by atoms with Gasteiger partial charge in [-0.25, -0.2) is 24.1 Å². The zero-order chi connectivity index (χ0) is 25.4. The van der Waals surface area contributed by atoms with Crippen LogP contribution in [0.3, 0.4) is 0 Å². The van der Waals surface area contributed by atoms with Gasteiger partial charge in [0.1, 0.15) is 23.1 Å². The molecule has 0 bridgehead atoms. The van der Waals surface area contributed by atoms with E-state index in [1.165, 1.54) is 36.7 Å². The Morgan fingerprint density at radius 1 is 1.06 bits per heavy atom. The van der Waals surface area contributed by atoms with Crippen molar-refractivity contribution >= 4 is 28.5 Å². The average Bonchev–Trinajstić information content (AvgIpc) is 3.49. The standard InChI is InChI=1S/C23H13F4N5O3S/c24-16-5-11(12-8-28-22(29-9-12)35-10-14-7-19(21(33)34)36-32-14)1-3-15(16)20-30-17-4-2-13(23(25,26)27)6-18(17)31-20/h1-9H,10H2,(H,30,31)(H,33,34). The predicted octanol–water partition coefficient (Wildman–Crippen LogP) is 5.58. The fourth-order valence-corrected chi connectivity index (χ4v) is 3.94. The molecule has 2 N–H and O–H groups in total. The van der Waals surface area contributed by atoms with Crippen LogP contribution in [-0.4, -0.2) is 35.4 Å². The zero-order valence-corrected chi connectivity index (χ0v) is 18.7. The molecule has 0 aliphatic heterocycles. The number of carboxylic acids is 1. The summed E-state index contributed by atoms with van der Waals surface area (Å²) in [4.78, 5) is 26.1. The second-order valence-electron chi connectivity index (χ2n) is 7.54. The number of H-pyrrole nitrogens is 1. The molecule has 3 heterocycles. The van der Waals surface area contributed by atoms with Crippen molar-refractivity contribution < 1.29 is 32.2 Å². The molecular weight excluding hydrogens is 502 g/mol. The first kappa shape index (κ1) is 23.4. The van der Waals surface area contributed by atoms with Crippen molar-refractivity contribution in [2.45, 2.75) is 12.8 Å². The van der Waals surface area contributed by atoms with Gasteiger partial charge in [0, 0.05) is 18.0 Å².